The molecule has 0 spiro atoms. The molecule has 0 amide bonds. The molecule has 1 aromatic carbocycles. The van der Waals surface area contributed by atoms with Crippen LogP contribution in [0.5, 0.6) is 0 Å². The summed E-state index contributed by atoms with van der Waals surface area (Å²) in [5.74, 6) is -0.757. The van der Waals surface area contributed by atoms with Crippen molar-refractivity contribution < 1.29 is 22.7 Å². The van der Waals surface area contributed by atoms with Gasteiger partial charge >= 0.3 is 12.1 Å². The Kier molecular flexibility index (Phi) is 4.19. The smallest absolute Gasteiger partial charge is 0.416 e. The lowest BCUT2D eigenvalue weighted by Crippen LogP contribution is -2.08. The number of nitriles is 1. The second-order valence-electron chi connectivity index (χ2n) is 5.29. The molecule has 0 atom stereocenters. The molecule has 0 saturated carbocycles. The molecular weight excluding hydrogens is 333 g/mol. The summed E-state index contributed by atoms with van der Waals surface area (Å²) in [6, 6.07) is 11.2. The van der Waals surface area contributed by atoms with Gasteiger partial charge in [0.15, 0.2) is 0 Å². The van der Waals surface area contributed by atoms with Crippen LogP contribution in [0, 0.1) is 11.3 Å². The molecule has 25 heavy (non-hydrogen) atoms. The third kappa shape index (κ3) is 3.33. The van der Waals surface area contributed by atoms with Crippen molar-refractivity contribution in [1.29, 1.82) is 5.26 Å². The maximum absolute atomic E-state index is 12.5. The van der Waals surface area contributed by atoms with E-state index in [2.05, 4.69) is 6.07 Å². The molecule has 3 aromatic rings. The molecule has 7 heteroatoms. The van der Waals surface area contributed by atoms with Gasteiger partial charge in [-0.15, -0.1) is 0 Å². The molecule has 0 unspecified atom stereocenters. The molecule has 0 saturated heterocycles. The lowest BCUT2D eigenvalue weighted by molar-refractivity contribution is -0.137. The van der Waals surface area contributed by atoms with Gasteiger partial charge in [0, 0.05) is 18.0 Å². The number of alkyl halides is 3. The van der Waals surface area contributed by atoms with Gasteiger partial charge in [-0.2, -0.15) is 18.4 Å². The number of hydrogen-bond acceptors (Lipinski definition) is 3. The molecule has 2 aromatic heterocycles. The van der Waals surface area contributed by atoms with Gasteiger partial charge in [0.05, 0.1) is 22.2 Å². The number of benzene rings is 1. The van der Waals surface area contributed by atoms with E-state index in [1.54, 1.807) is 35.0 Å². The molecule has 3 rings (SSSR count). The first kappa shape index (κ1) is 16.6. The number of hydrogen-bond donors (Lipinski definition) is 0. The summed E-state index contributed by atoms with van der Waals surface area (Å²) in [5, 5.41) is 9.28. The van der Waals surface area contributed by atoms with Crippen molar-refractivity contribution in [3.8, 4) is 6.07 Å². The second kappa shape index (κ2) is 6.32. The first-order valence-corrected chi connectivity index (χ1v) is 7.23. The highest BCUT2D eigenvalue weighted by molar-refractivity contribution is 5.89. The molecule has 0 bridgehead atoms. The fraction of sp³-hybridized carbons (Fsp3) is 0.111. The predicted octanol–water partition coefficient (Wildman–Crippen LogP) is 4.19. The van der Waals surface area contributed by atoms with E-state index < -0.39 is 17.7 Å². The molecule has 0 aliphatic heterocycles. The molecule has 4 nitrogen and oxygen atoms in total. The van der Waals surface area contributed by atoms with E-state index in [1.165, 1.54) is 0 Å². The van der Waals surface area contributed by atoms with Gasteiger partial charge in [-0.25, -0.2) is 4.79 Å². The summed E-state index contributed by atoms with van der Waals surface area (Å²) in [6.45, 7) is -0.148. The quantitative estimate of drug-likeness (QED) is 0.670. The zero-order valence-electron chi connectivity index (χ0n) is 12.7. The van der Waals surface area contributed by atoms with Crippen LogP contribution >= 0.6 is 0 Å². The second-order valence-corrected chi connectivity index (χ2v) is 5.29. The van der Waals surface area contributed by atoms with Gasteiger partial charge in [-0.05, 0) is 36.4 Å². The number of rotatable bonds is 3. The van der Waals surface area contributed by atoms with E-state index >= 15 is 0 Å². The Labute approximate surface area is 140 Å². The Morgan fingerprint density at radius 2 is 1.88 bits per heavy atom. The molecule has 2 heterocycles. The number of nitrogens with zero attached hydrogens (tertiary/aromatic N) is 2. The van der Waals surface area contributed by atoms with Crippen LogP contribution < -0.4 is 0 Å². The third-order valence-electron chi connectivity index (χ3n) is 3.68. The average molecular weight is 344 g/mol. The minimum atomic E-state index is -4.46. The van der Waals surface area contributed by atoms with Crippen molar-refractivity contribution >= 4 is 11.5 Å². The normalized spacial score (nSPS) is 11.3. The van der Waals surface area contributed by atoms with E-state index in [4.69, 9.17) is 4.74 Å². The number of carbonyl (C=O) groups is 1. The lowest BCUT2D eigenvalue weighted by atomic mass is 10.1. The van der Waals surface area contributed by atoms with Gasteiger partial charge in [-0.1, -0.05) is 6.07 Å². The van der Waals surface area contributed by atoms with Crippen LogP contribution in [0.1, 0.15) is 27.0 Å². The molecular formula is C18H11F3N2O2. The number of aromatic nitrogens is 1. The number of carbonyl (C=O) groups excluding carboxylic acids is 1. The van der Waals surface area contributed by atoms with Crippen LogP contribution in [0.15, 0.2) is 54.9 Å². The van der Waals surface area contributed by atoms with E-state index in [9.17, 15) is 23.2 Å². The van der Waals surface area contributed by atoms with Crippen LogP contribution in [0.3, 0.4) is 0 Å². The SMILES string of the molecule is N#Cc1c(COC(=O)c2ccc(C(F)(F)F)cc2)cn2ccccc12. The van der Waals surface area contributed by atoms with Crippen molar-refractivity contribution in [2.75, 3.05) is 0 Å². The maximum atomic E-state index is 12.5. The standard InChI is InChI=1S/C18H11F3N2O2/c19-18(20,21)14-6-4-12(5-7-14)17(24)25-11-13-10-23-8-2-1-3-16(23)15(13)9-22/h1-8,10H,11H2. The summed E-state index contributed by atoms with van der Waals surface area (Å²) in [4.78, 5) is 12.0. The van der Waals surface area contributed by atoms with Crippen molar-refractivity contribution in [3.63, 3.8) is 0 Å². The number of fused-ring (bicyclic) bond motifs is 1. The molecule has 126 valence electrons. The molecule has 0 N–H and O–H groups in total. The largest absolute Gasteiger partial charge is 0.457 e. The Morgan fingerprint density at radius 1 is 1.16 bits per heavy atom. The number of pyridine rings is 1. The van der Waals surface area contributed by atoms with Crippen molar-refractivity contribution in [2.24, 2.45) is 0 Å². The third-order valence-corrected chi connectivity index (χ3v) is 3.68. The van der Waals surface area contributed by atoms with Crippen molar-refractivity contribution in [2.45, 2.75) is 12.8 Å². The summed E-state index contributed by atoms with van der Waals surface area (Å²) in [7, 11) is 0. The van der Waals surface area contributed by atoms with Gasteiger partial charge in [-0.3, -0.25) is 0 Å². The van der Waals surface area contributed by atoms with Crippen LogP contribution in [0.4, 0.5) is 13.2 Å². The zero-order chi connectivity index (χ0) is 18.0. The molecule has 0 aliphatic rings. The van der Waals surface area contributed by atoms with Crippen LogP contribution in [0.25, 0.3) is 5.52 Å². The predicted molar refractivity (Wildman–Crippen MR) is 82.7 cm³/mol. The minimum absolute atomic E-state index is 0.00951. The monoisotopic (exact) mass is 344 g/mol. The highest BCUT2D eigenvalue weighted by Gasteiger charge is 2.30. The Balaban J connectivity index is 1.76. The van der Waals surface area contributed by atoms with Crippen LogP contribution in [0.2, 0.25) is 0 Å². The highest BCUT2D eigenvalue weighted by atomic mass is 19.4. The first-order chi connectivity index (χ1) is 11.9. The topological polar surface area (TPSA) is 54.5 Å². The van der Waals surface area contributed by atoms with Gasteiger partial charge in [0.1, 0.15) is 12.7 Å². The summed E-state index contributed by atoms with van der Waals surface area (Å²) >= 11 is 0. The summed E-state index contributed by atoms with van der Waals surface area (Å²) < 4.78 is 44.4. The Morgan fingerprint density at radius 3 is 2.52 bits per heavy atom. The number of halogens is 3. The van der Waals surface area contributed by atoms with Crippen LogP contribution in [-0.4, -0.2) is 10.4 Å². The van der Waals surface area contributed by atoms with E-state index in [-0.39, 0.29) is 12.2 Å². The van der Waals surface area contributed by atoms with Crippen LogP contribution in [-0.2, 0) is 17.5 Å². The average Bonchev–Trinajstić information content (AvgIpc) is 2.96. The molecule has 0 aliphatic carbocycles. The van der Waals surface area contributed by atoms with E-state index in [0.717, 1.165) is 24.3 Å². The highest BCUT2D eigenvalue weighted by Crippen LogP contribution is 2.29. The fourth-order valence-corrected chi connectivity index (χ4v) is 2.44. The first-order valence-electron chi connectivity index (χ1n) is 7.23. The summed E-state index contributed by atoms with van der Waals surface area (Å²) in [5.41, 5.74) is 0.769. The zero-order valence-corrected chi connectivity index (χ0v) is 12.7. The Bertz CT molecular complexity index is 967. The number of ether oxygens (including phenoxy) is 1. The van der Waals surface area contributed by atoms with Gasteiger partial charge < -0.3 is 9.14 Å². The van der Waals surface area contributed by atoms with E-state index in [1.807, 2.05) is 0 Å². The maximum Gasteiger partial charge on any atom is 0.416 e. The van der Waals surface area contributed by atoms with Crippen molar-refractivity contribution in [3.05, 3.63) is 77.1 Å². The van der Waals surface area contributed by atoms with Gasteiger partial charge in [0.2, 0.25) is 0 Å². The van der Waals surface area contributed by atoms with Crippen molar-refractivity contribution in [1.82, 2.24) is 4.40 Å². The lowest BCUT2D eigenvalue weighted by Gasteiger charge is -2.07. The fourth-order valence-electron chi connectivity index (χ4n) is 2.44. The van der Waals surface area contributed by atoms with Gasteiger partial charge in [0.25, 0.3) is 0 Å². The molecule has 0 radical (unpaired) electrons. The van der Waals surface area contributed by atoms with E-state index in [0.29, 0.717) is 16.6 Å². The number of esters is 1. The molecule has 0 fully saturated rings. The minimum Gasteiger partial charge on any atom is -0.457 e. The summed E-state index contributed by atoms with van der Waals surface area (Å²) in [6.07, 6.45) is -1.03. The Hall–Kier alpha value is -3.27.